The van der Waals surface area contributed by atoms with Crippen LogP contribution in [-0.4, -0.2) is 47.3 Å². The number of hydrogen-bond acceptors (Lipinski definition) is 7. The number of rotatable bonds is 6. The normalized spacial score (nSPS) is 11.1. The van der Waals surface area contributed by atoms with Crippen molar-refractivity contribution in [1.29, 1.82) is 0 Å². The van der Waals surface area contributed by atoms with Crippen molar-refractivity contribution >= 4 is 22.4 Å². The third kappa shape index (κ3) is 2.97. The predicted octanol–water partition coefficient (Wildman–Crippen LogP) is 1.49. The lowest BCUT2D eigenvalue weighted by Crippen LogP contribution is -2.16. The SMILES string of the molecule is CN(C)CCCNc1ccc2nonc2c1[N+](=O)[O-]. The molecule has 0 aliphatic heterocycles. The maximum Gasteiger partial charge on any atom is 0.323 e. The van der Waals surface area contributed by atoms with E-state index in [2.05, 4.69) is 25.2 Å². The van der Waals surface area contributed by atoms with Gasteiger partial charge in [0, 0.05) is 6.54 Å². The van der Waals surface area contributed by atoms with Crippen LogP contribution in [0.25, 0.3) is 11.0 Å². The standard InChI is InChI=1S/C11H15N5O3/c1-15(2)7-3-6-12-9-5-4-8-10(14-19-13-8)11(9)16(17)18/h4-5,12H,3,6-7H2,1-2H3. The molecule has 0 unspecified atom stereocenters. The molecule has 0 fully saturated rings. The summed E-state index contributed by atoms with van der Waals surface area (Å²) in [6.45, 7) is 1.56. The van der Waals surface area contributed by atoms with E-state index < -0.39 is 4.92 Å². The number of benzene rings is 1. The first-order valence-corrected chi connectivity index (χ1v) is 5.88. The molecule has 0 saturated carbocycles. The summed E-state index contributed by atoms with van der Waals surface area (Å²) >= 11 is 0. The third-order valence-electron chi connectivity index (χ3n) is 2.68. The zero-order valence-electron chi connectivity index (χ0n) is 10.8. The monoisotopic (exact) mass is 265 g/mol. The van der Waals surface area contributed by atoms with Crippen LogP contribution in [0.3, 0.4) is 0 Å². The summed E-state index contributed by atoms with van der Waals surface area (Å²) in [6.07, 6.45) is 0.888. The molecule has 19 heavy (non-hydrogen) atoms. The molecule has 1 aromatic heterocycles. The Morgan fingerprint density at radius 1 is 1.42 bits per heavy atom. The Morgan fingerprint density at radius 2 is 2.21 bits per heavy atom. The molecular formula is C11H15N5O3. The van der Waals surface area contributed by atoms with Gasteiger partial charge in [-0.2, -0.15) is 0 Å². The number of nitro groups is 1. The Morgan fingerprint density at radius 3 is 2.89 bits per heavy atom. The molecule has 1 heterocycles. The molecule has 8 nitrogen and oxygen atoms in total. The number of nitro benzene ring substituents is 1. The fourth-order valence-electron chi connectivity index (χ4n) is 1.78. The summed E-state index contributed by atoms with van der Waals surface area (Å²) in [5.74, 6) is 0. The average molecular weight is 265 g/mol. The summed E-state index contributed by atoms with van der Waals surface area (Å²) < 4.78 is 4.53. The molecule has 102 valence electrons. The molecule has 0 saturated heterocycles. The van der Waals surface area contributed by atoms with Gasteiger partial charge >= 0.3 is 5.69 Å². The Balaban J connectivity index is 2.17. The number of nitrogens with one attached hydrogen (secondary N) is 1. The lowest BCUT2D eigenvalue weighted by molar-refractivity contribution is -0.382. The van der Waals surface area contributed by atoms with Crippen molar-refractivity contribution in [3.8, 4) is 0 Å². The van der Waals surface area contributed by atoms with Crippen LogP contribution in [-0.2, 0) is 0 Å². The van der Waals surface area contributed by atoms with Gasteiger partial charge in [0.25, 0.3) is 0 Å². The van der Waals surface area contributed by atoms with Crippen LogP contribution < -0.4 is 5.32 Å². The molecule has 8 heteroatoms. The van der Waals surface area contributed by atoms with Gasteiger partial charge in [0.15, 0.2) is 0 Å². The van der Waals surface area contributed by atoms with Crippen molar-refractivity contribution in [1.82, 2.24) is 15.2 Å². The molecule has 0 bridgehead atoms. The van der Waals surface area contributed by atoms with Crippen LogP contribution in [0.15, 0.2) is 16.8 Å². The molecule has 0 aliphatic rings. The highest BCUT2D eigenvalue weighted by molar-refractivity contribution is 5.90. The summed E-state index contributed by atoms with van der Waals surface area (Å²) in [6, 6.07) is 3.27. The minimum absolute atomic E-state index is 0.0939. The lowest BCUT2D eigenvalue weighted by Gasteiger charge is -2.10. The Bertz CT molecular complexity index is 581. The number of fused-ring (bicyclic) bond motifs is 1. The zero-order valence-corrected chi connectivity index (χ0v) is 10.8. The number of hydrogen-bond donors (Lipinski definition) is 1. The number of nitrogens with zero attached hydrogens (tertiary/aromatic N) is 4. The van der Waals surface area contributed by atoms with Gasteiger partial charge in [-0.05, 0) is 49.5 Å². The molecule has 2 aromatic rings. The largest absolute Gasteiger partial charge is 0.379 e. The molecule has 0 atom stereocenters. The predicted molar refractivity (Wildman–Crippen MR) is 70.1 cm³/mol. The van der Waals surface area contributed by atoms with Gasteiger partial charge in [0.2, 0.25) is 5.52 Å². The topological polar surface area (TPSA) is 97.3 Å². The molecule has 2 rings (SSSR count). The molecule has 0 spiro atoms. The van der Waals surface area contributed by atoms with Crippen LogP contribution in [0.5, 0.6) is 0 Å². The van der Waals surface area contributed by atoms with E-state index in [4.69, 9.17) is 0 Å². The second-order valence-electron chi connectivity index (χ2n) is 4.43. The van der Waals surface area contributed by atoms with Crippen molar-refractivity contribution in [2.75, 3.05) is 32.5 Å². The van der Waals surface area contributed by atoms with E-state index in [1.54, 1.807) is 12.1 Å². The molecular weight excluding hydrogens is 250 g/mol. The van der Waals surface area contributed by atoms with Gasteiger partial charge in [-0.3, -0.25) is 10.1 Å². The van der Waals surface area contributed by atoms with Crippen LogP contribution in [0.2, 0.25) is 0 Å². The lowest BCUT2D eigenvalue weighted by atomic mass is 10.2. The van der Waals surface area contributed by atoms with Crippen molar-refractivity contribution in [2.45, 2.75) is 6.42 Å². The van der Waals surface area contributed by atoms with Gasteiger partial charge in [-0.1, -0.05) is 0 Å². The molecule has 1 aromatic carbocycles. The third-order valence-corrected chi connectivity index (χ3v) is 2.68. The van der Waals surface area contributed by atoms with Crippen molar-refractivity contribution < 1.29 is 9.55 Å². The van der Waals surface area contributed by atoms with Gasteiger partial charge in [-0.15, -0.1) is 0 Å². The van der Waals surface area contributed by atoms with Gasteiger partial charge in [-0.25, -0.2) is 4.63 Å². The highest BCUT2D eigenvalue weighted by Gasteiger charge is 2.22. The first kappa shape index (κ1) is 13.2. The first-order valence-electron chi connectivity index (χ1n) is 5.88. The smallest absolute Gasteiger partial charge is 0.323 e. The molecule has 1 N–H and O–H groups in total. The Hall–Kier alpha value is -2.22. The highest BCUT2D eigenvalue weighted by Crippen LogP contribution is 2.31. The maximum atomic E-state index is 11.1. The molecule has 0 amide bonds. The van der Waals surface area contributed by atoms with Crippen LogP contribution in [0.1, 0.15) is 6.42 Å². The Kier molecular flexibility index (Phi) is 3.91. The van der Waals surface area contributed by atoms with Gasteiger partial charge < -0.3 is 10.2 Å². The molecule has 0 aliphatic carbocycles. The van der Waals surface area contributed by atoms with Crippen molar-refractivity contribution in [3.05, 3.63) is 22.2 Å². The van der Waals surface area contributed by atoms with E-state index in [-0.39, 0.29) is 11.2 Å². The second-order valence-corrected chi connectivity index (χ2v) is 4.43. The minimum Gasteiger partial charge on any atom is -0.379 e. The van der Waals surface area contributed by atoms with Gasteiger partial charge in [0.05, 0.1) is 4.92 Å². The van der Waals surface area contributed by atoms with Crippen LogP contribution >= 0.6 is 0 Å². The Labute approximate surface area is 109 Å². The van der Waals surface area contributed by atoms with Crippen molar-refractivity contribution in [3.63, 3.8) is 0 Å². The average Bonchev–Trinajstić information content (AvgIpc) is 2.81. The van der Waals surface area contributed by atoms with E-state index in [9.17, 15) is 10.1 Å². The summed E-state index contributed by atoms with van der Waals surface area (Å²) in [4.78, 5) is 12.7. The summed E-state index contributed by atoms with van der Waals surface area (Å²) in [5.41, 5.74) is 0.892. The fraction of sp³-hybridized carbons (Fsp3) is 0.455. The van der Waals surface area contributed by atoms with E-state index in [0.29, 0.717) is 17.7 Å². The van der Waals surface area contributed by atoms with Gasteiger partial charge in [0.1, 0.15) is 11.2 Å². The summed E-state index contributed by atoms with van der Waals surface area (Å²) in [5, 5.41) is 21.4. The minimum atomic E-state index is -0.471. The first-order chi connectivity index (χ1) is 9.09. The van der Waals surface area contributed by atoms with Crippen LogP contribution in [0.4, 0.5) is 11.4 Å². The summed E-state index contributed by atoms with van der Waals surface area (Å²) in [7, 11) is 3.96. The highest BCUT2D eigenvalue weighted by atomic mass is 16.6. The zero-order chi connectivity index (χ0) is 13.8. The fourth-order valence-corrected chi connectivity index (χ4v) is 1.78. The molecule has 0 radical (unpaired) electrons. The van der Waals surface area contributed by atoms with Crippen LogP contribution in [0, 0.1) is 10.1 Å². The van der Waals surface area contributed by atoms with Crippen molar-refractivity contribution in [2.24, 2.45) is 0 Å². The number of aromatic nitrogens is 2. The second kappa shape index (κ2) is 5.61. The number of anilines is 1. The van der Waals surface area contributed by atoms with E-state index in [1.165, 1.54) is 0 Å². The van der Waals surface area contributed by atoms with E-state index in [0.717, 1.165) is 13.0 Å². The maximum absolute atomic E-state index is 11.1. The van der Waals surface area contributed by atoms with E-state index >= 15 is 0 Å². The van der Waals surface area contributed by atoms with E-state index in [1.807, 2.05) is 14.1 Å². The quantitative estimate of drug-likeness (QED) is 0.480.